The predicted octanol–water partition coefficient (Wildman–Crippen LogP) is 4.67. The third kappa shape index (κ3) is 3.84. The normalized spacial score (nSPS) is 19.2. The van der Waals surface area contributed by atoms with Crippen LogP contribution in [0, 0.1) is 0 Å². The Kier molecular flexibility index (Phi) is 6.30. The molecule has 1 fully saturated rings. The average Bonchev–Trinajstić information content (AvgIpc) is 3.12. The molecule has 2 atom stereocenters. The van der Waals surface area contributed by atoms with Gasteiger partial charge in [-0.15, -0.1) is 0 Å². The number of hydrogen-bond donors (Lipinski definition) is 1. The van der Waals surface area contributed by atoms with Crippen molar-refractivity contribution in [2.45, 2.75) is 18.4 Å². The molecule has 1 saturated heterocycles. The predicted molar refractivity (Wildman–Crippen MR) is 125 cm³/mol. The van der Waals surface area contributed by atoms with Crippen molar-refractivity contribution in [1.82, 2.24) is 4.90 Å². The molecule has 8 heteroatoms. The van der Waals surface area contributed by atoms with Crippen LogP contribution in [0.25, 0.3) is 22.3 Å². The van der Waals surface area contributed by atoms with Gasteiger partial charge in [-0.05, 0) is 54.1 Å². The molecule has 2 aromatic carbocycles. The molecule has 0 aliphatic carbocycles. The topological polar surface area (TPSA) is 72.1 Å². The molecule has 1 N–H and O–H groups in total. The van der Waals surface area contributed by atoms with Gasteiger partial charge in [-0.2, -0.15) is 0 Å². The molecule has 0 radical (unpaired) electrons. The third-order valence-corrected chi connectivity index (χ3v) is 6.88. The van der Waals surface area contributed by atoms with E-state index in [-0.39, 0.29) is 24.0 Å². The number of likely N-dealkylation sites (tertiary alicyclic amines) is 1. The van der Waals surface area contributed by atoms with E-state index in [1.807, 2.05) is 7.05 Å². The van der Waals surface area contributed by atoms with E-state index in [1.54, 1.807) is 31.4 Å². The number of nitrogens with zero attached hydrogens (tertiary/aromatic N) is 1. The van der Waals surface area contributed by atoms with Crippen molar-refractivity contribution in [2.75, 3.05) is 34.4 Å². The largest absolute Gasteiger partial charge is 0.496 e. The highest BCUT2D eigenvalue weighted by Crippen LogP contribution is 2.45. The van der Waals surface area contributed by atoms with Crippen LogP contribution in [0.15, 0.2) is 44.0 Å². The number of likely N-dealkylation sites (N-methyl/N-ethyl adjacent to an activating group) is 1. The summed E-state index contributed by atoms with van der Waals surface area (Å²) >= 11 is 9.59. The van der Waals surface area contributed by atoms with Gasteiger partial charge < -0.3 is 23.9 Å². The Labute approximate surface area is 193 Å². The summed E-state index contributed by atoms with van der Waals surface area (Å²) < 4.78 is 18.3. The van der Waals surface area contributed by atoms with Gasteiger partial charge in [0.1, 0.15) is 28.2 Å². The lowest BCUT2D eigenvalue weighted by Gasteiger charge is -2.25. The minimum Gasteiger partial charge on any atom is -0.496 e. The fourth-order valence-electron chi connectivity index (χ4n) is 4.41. The number of halogens is 2. The van der Waals surface area contributed by atoms with Gasteiger partial charge in [0.15, 0.2) is 5.43 Å². The highest BCUT2D eigenvalue weighted by atomic mass is 79.9. The van der Waals surface area contributed by atoms with E-state index in [0.29, 0.717) is 43.3 Å². The van der Waals surface area contributed by atoms with Crippen molar-refractivity contribution in [3.05, 3.63) is 55.6 Å². The Morgan fingerprint density at radius 3 is 2.61 bits per heavy atom. The van der Waals surface area contributed by atoms with E-state index >= 15 is 0 Å². The Balaban J connectivity index is 2.06. The molecule has 2 heterocycles. The Morgan fingerprint density at radius 1 is 1.23 bits per heavy atom. The zero-order valence-corrected chi connectivity index (χ0v) is 19.8. The molecule has 3 aromatic rings. The third-order valence-electron chi connectivity index (χ3n) is 5.98. The smallest absolute Gasteiger partial charge is 0.197 e. The second kappa shape index (κ2) is 8.82. The van der Waals surface area contributed by atoms with Gasteiger partial charge in [0, 0.05) is 44.7 Å². The maximum atomic E-state index is 13.2. The van der Waals surface area contributed by atoms with Gasteiger partial charge in [-0.25, -0.2) is 0 Å². The summed E-state index contributed by atoms with van der Waals surface area (Å²) in [6.45, 7) is 0.809. The average molecular weight is 509 g/mol. The molecular weight excluding hydrogens is 486 g/mol. The van der Waals surface area contributed by atoms with Crippen LogP contribution in [0.3, 0.4) is 0 Å². The van der Waals surface area contributed by atoms with Crippen LogP contribution < -0.4 is 14.9 Å². The van der Waals surface area contributed by atoms with Gasteiger partial charge >= 0.3 is 0 Å². The van der Waals surface area contributed by atoms with Crippen molar-refractivity contribution in [3.8, 4) is 22.8 Å². The first-order valence-corrected chi connectivity index (χ1v) is 11.1. The van der Waals surface area contributed by atoms with Crippen molar-refractivity contribution in [3.63, 3.8) is 0 Å². The first-order chi connectivity index (χ1) is 14.9. The Hall–Kier alpha value is -2.06. The molecule has 1 aromatic heterocycles. The molecule has 31 heavy (non-hydrogen) atoms. The number of fused-ring (bicyclic) bond motifs is 1. The molecule has 164 valence electrons. The zero-order chi connectivity index (χ0) is 22.3. The van der Waals surface area contributed by atoms with Crippen molar-refractivity contribution < 1.29 is 19.0 Å². The van der Waals surface area contributed by atoms with Crippen LogP contribution in [0.5, 0.6) is 11.5 Å². The van der Waals surface area contributed by atoms with Gasteiger partial charge in [0.25, 0.3) is 0 Å². The standard InChI is InChI=1S/C23H23BrClNO5/c1-26-7-6-14(16(26)11-27)21-19(29-2)10-20(30-3)22-17(28)9-18(31-23(21)22)13-5-4-12(25)8-15(13)24/h4-5,8-10,14,16,27H,6-7,11H2,1-3H3/t14-,16+/m0/s1. The maximum absolute atomic E-state index is 13.2. The summed E-state index contributed by atoms with van der Waals surface area (Å²) in [6, 6.07) is 8.36. The van der Waals surface area contributed by atoms with E-state index in [9.17, 15) is 9.90 Å². The van der Waals surface area contributed by atoms with Gasteiger partial charge in [0.05, 0.1) is 20.8 Å². The molecule has 0 unspecified atom stereocenters. The molecule has 6 nitrogen and oxygen atoms in total. The summed E-state index contributed by atoms with van der Waals surface area (Å²) in [5, 5.41) is 11.0. The molecule has 4 rings (SSSR count). The quantitative estimate of drug-likeness (QED) is 0.540. The molecule has 0 saturated carbocycles. The Bertz CT molecular complexity index is 1190. The van der Waals surface area contributed by atoms with Crippen LogP contribution in [-0.4, -0.2) is 50.5 Å². The number of ether oxygens (including phenoxy) is 2. The van der Waals surface area contributed by atoms with Gasteiger partial charge in [-0.1, -0.05) is 11.6 Å². The van der Waals surface area contributed by atoms with E-state index < -0.39 is 0 Å². The lowest BCUT2D eigenvalue weighted by atomic mass is 9.89. The Morgan fingerprint density at radius 2 is 1.97 bits per heavy atom. The molecule has 0 bridgehead atoms. The fraction of sp³-hybridized carbons (Fsp3) is 0.348. The maximum Gasteiger partial charge on any atom is 0.197 e. The lowest BCUT2D eigenvalue weighted by Crippen LogP contribution is -2.32. The van der Waals surface area contributed by atoms with Crippen molar-refractivity contribution >= 4 is 38.5 Å². The van der Waals surface area contributed by atoms with Crippen LogP contribution >= 0.6 is 27.5 Å². The molecule has 1 aliphatic heterocycles. The number of aliphatic hydroxyl groups excluding tert-OH is 1. The van der Waals surface area contributed by atoms with E-state index in [4.69, 9.17) is 25.5 Å². The summed E-state index contributed by atoms with van der Waals surface area (Å²) in [4.78, 5) is 15.3. The van der Waals surface area contributed by atoms with Crippen LogP contribution in [0.4, 0.5) is 0 Å². The highest BCUT2D eigenvalue weighted by Gasteiger charge is 2.37. The molecule has 1 aliphatic rings. The lowest BCUT2D eigenvalue weighted by molar-refractivity contribution is 0.171. The number of hydrogen-bond acceptors (Lipinski definition) is 6. The van der Waals surface area contributed by atoms with Crippen LogP contribution in [-0.2, 0) is 0 Å². The first kappa shape index (κ1) is 22.1. The first-order valence-electron chi connectivity index (χ1n) is 9.88. The molecule has 0 amide bonds. The minimum atomic E-state index is -0.217. The second-order valence-corrected chi connectivity index (χ2v) is 8.91. The summed E-state index contributed by atoms with van der Waals surface area (Å²) in [6.07, 6.45) is 0.804. The van der Waals surface area contributed by atoms with E-state index in [1.165, 1.54) is 13.2 Å². The van der Waals surface area contributed by atoms with Crippen molar-refractivity contribution in [1.29, 1.82) is 0 Å². The van der Waals surface area contributed by atoms with Gasteiger partial charge in [0.2, 0.25) is 0 Å². The van der Waals surface area contributed by atoms with E-state index in [2.05, 4.69) is 20.8 Å². The fourth-order valence-corrected chi connectivity index (χ4v) is 5.29. The number of benzene rings is 2. The second-order valence-electron chi connectivity index (χ2n) is 7.62. The summed E-state index contributed by atoms with van der Waals surface area (Å²) in [5.41, 5.74) is 1.68. The number of aliphatic hydroxyl groups is 1. The SMILES string of the molecule is COc1cc(OC)c2c(=O)cc(-c3ccc(Cl)cc3Br)oc2c1[C@H]1CCN(C)[C@@H]1CO. The summed E-state index contributed by atoms with van der Waals surface area (Å²) in [7, 11) is 5.07. The highest BCUT2D eigenvalue weighted by molar-refractivity contribution is 9.10. The number of methoxy groups -OCH3 is 2. The zero-order valence-electron chi connectivity index (χ0n) is 17.4. The van der Waals surface area contributed by atoms with Crippen LogP contribution in [0.1, 0.15) is 17.9 Å². The molecular formula is C23H23BrClNO5. The summed E-state index contributed by atoms with van der Waals surface area (Å²) in [5.74, 6) is 1.30. The van der Waals surface area contributed by atoms with Crippen molar-refractivity contribution in [2.24, 2.45) is 0 Å². The minimum absolute atomic E-state index is 0.00943. The molecule has 0 spiro atoms. The monoisotopic (exact) mass is 507 g/mol. The number of rotatable bonds is 5. The van der Waals surface area contributed by atoms with E-state index in [0.717, 1.165) is 18.5 Å². The van der Waals surface area contributed by atoms with Crippen LogP contribution in [0.2, 0.25) is 5.02 Å². The van der Waals surface area contributed by atoms with Gasteiger partial charge in [-0.3, -0.25) is 4.79 Å².